The molecule has 2 atom stereocenters. The zero-order chi connectivity index (χ0) is 24.2. The van der Waals surface area contributed by atoms with Crippen molar-refractivity contribution < 1.29 is 14.6 Å². The van der Waals surface area contributed by atoms with Gasteiger partial charge in [0.2, 0.25) is 0 Å². The van der Waals surface area contributed by atoms with Crippen LogP contribution in [0.3, 0.4) is 0 Å². The molecule has 2 aromatic rings. The van der Waals surface area contributed by atoms with Crippen LogP contribution in [-0.2, 0) is 11.3 Å². The van der Waals surface area contributed by atoms with Gasteiger partial charge in [0.25, 0.3) is 5.91 Å². The van der Waals surface area contributed by atoms with Crippen molar-refractivity contribution in [1.29, 1.82) is 0 Å². The summed E-state index contributed by atoms with van der Waals surface area (Å²) in [4.78, 5) is 20.4. The second-order valence-corrected chi connectivity index (χ2v) is 10.1. The summed E-state index contributed by atoms with van der Waals surface area (Å²) in [6.07, 6.45) is 3.04. The minimum absolute atomic E-state index is 0.0278. The molecule has 1 aliphatic heterocycles. The first kappa shape index (κ1) is 25.1. The first-order chi connectivity index (χ1) is 16.4. The molecule has 2 heterocycles. The van der Waals surface area contributed by atoms with Crippen LogP contribution in [0.15, 0.2) is 33.3 Å². The van der Waals surface area contributed by atoms with Gasteiger partial charge >= 0.3 is 0 Å². The van der Waals surface area contributed by atoms with E-state index >= 15 is 0 Å². The van der Waals surface area contributed by atoms with Gasteiger partial charge in [-0.1, -0.05) is 23.7 Å². The van der Waals surface area contributed by atoms with Gasteiger partial charge in [-0.05, 0) is 53.7 Å². The van der Waals surface area contributed by atoms with E-state index in [1.165, 1.54) is 31.5 Å². The first-order valence-corrected chi connectivity index (χ1v) is 12.8. The number of aromatic nitrogens is 3. The van der Waals surface area contributed by atoms with Crippen LogP contribution < -0.4 is 4.74 Å². The fourth-order valence-electron chi connectivity index (χ4n) is 4.09. The Morgan fingerprint density at radius 3 is 2.71 bits per heavy atom. The Morgan fingerprint density at radius 1 is 1.32 bits per heavy atom. The van der Waals surface area contributed by atoms with E-state index in [1.54, 1.807) is 4.90 Å². The minimum Gasteiger partial charge on any atom is -0.441 e. The number of aliphatic hydroxyl groups excluding tert-OH is 1. The Bertz CT molecular complexity index is 1080. The van der Waals surface area contributed by atoms with Gasteiger partial charge in [-0.15, -0.1) is 5.10 Å². The Balaban J connectivity index is 1.43. The molecule has 184 valence electrons. The number of carbonyl (C=O) groups is 1. The lowest BCUT2D eigenvalue weighted by Crippen LogP contribution is -2.52. The van der Waals surface area contributed by atoms with Gasteiger partial charge in [-0.2, -0.15) is 0 Å². The van der Waals surface area contributed by atoms with E-state index in [9.17, 15) is 9.90 Å². The van der Waals surface area contributed by atoms with Crippen LogP contribution in [0.5, 0.6) is 5.75 Å². The van der Waals surface area contributed by atoms with Crippen molar-refractivity contribution >= 4 is 50.4 Å². The average Bonchev–Trinajstić information content (AvgIpc) is 3.55. The molecule has 2 fully saturated rings. The molecule has 9 nitrogen and oxygen atoms in total. The number of hydrogen-bond donors (Lipinski definition) is 1. The van der Waals surface area contributed by atoms with Crippen molar-refractivity contribution in [1.82, 2.24) is 24.8 Å². The highest BCUT2D eigenvalue weighted by Gasteiger charge is 2.27. The molecule has 1 N–H and O–H groups in total. The molecule has 2 unspecified atom stereocenters. The number of halogens is 2. The lowest BCUT2D eigenvalue weighted by molar-refractivity contribution is -0.141. The van der Waals surface area contributed by atoms with Gasteiger partial charge in [0, 0.05) is 56.9 Å². The third kappa shape index (κ3) is 5.97. The molecule has 1 amide bonds. The van der Waals surface area contributed by atoms with Crippen molar-refractivity contribution in [2.75, 3.05) is 32.7 Å². The summed E-state index contributed by atoms with van der Waals surface area (Å²) in [5.74, 6) is 1.60. The van der Waals surface area contributed by atoms with E-state index < -0.39 is 6.10 Å². The van der Waals surface area contributed by atoms with Gasteiger partial charge in [-0.25, -0.2) is 9.67 Å². The molecule has 0 spiro atoms. The molecule has 1 saturated heterocycles. The maximum Gasteiger partial charge on any atom is 0.251 e. The molecule has 1 aromatic heterocycles. The number of piperazine rings is 1. The van der Waals surface area contributed by atoms with E-state index in [0.717, 1.165) is 35.1 Å². The summed E-state index contributed by atoms with van der Waals surface area (Å²) in [5.41, 5.74) is 3.08. The van der Waals surface area contributed by atoms with Crippen molar-refractivity contribution in [3.8, 4) is 5.75 Å². The van der Waals surface area contributed by atoms with E-state index in [4.69, 9.17) is 16.3 Å². The topological polar surface area (TPSA) is 96.1 Å². The number of benzene rings is 1. The van der Waals surface area contributed by atoms with Crippen LogP contribution in [0.25, 0.3) is 11.0 Å². The quantitative estimate of drug-likeness (QED) is 0.398. The van der Waals surface area contributed by atoms with Crippen molar-refractivity contribution in [3.63, 3.8) is 0 Å². The van der Waals surface area contributed by atoms with Gasteiger partial charge < -0.3 is 14.7 Å². The van der Waals surface area contributed by atoms with Crippen LogP contribution in [0, 0.1) is 11.8 Å². The third-order valence-electron chi connectivity index (χ3n) is 6.19. The zero-order valence-corrected chi connectivity index (χ0v) is 21.7. The highest BCUT2D eigenvalue weighted by molar-refractivity contribution is 9.10. The van der Waals surface area contributed by atoms with Gasteiger partial charge in [0.15, 0.2) is 5.90 Å². The summed E-state index contributed by atoms with van der Waals surface area (Å²) in [5, 5.41) is 18.2. The maximum atomic E-state index is 12.0. The highest BCUT2D eigenvalue weighted by Crippen LogP contribution is 2.35. The molecular weight excluding hydrogens is 524 g/mol. The van der Waals surface area contributed by atoms with Gasteiger partial charge in [0.05, 0.1) is 9.99 Å². The molecule has 1 saturated carbocycles. The number of ether oxygens (including phenoxy) is 1. The number of amides is 1. The molecule has 34 heavy (non-hydrogen) atoms. The van der Waals surface area contributed by atoms with E-state index in [2.05, 4.69) is 36.1 Å². The summed E-state index contributed by atoms with van der Waals surface area (Å²) < 4.78 is 8.94. The molecule has 0 radical (unpaired) electrons. The molecule has 1 aromatic carbocycles. The zero-order valence-electron chi connectivity index (χ0n) is 19.4. The minimum atomic E-state index is -0.967. The summed E-state index contributed by atoms with van der Waals surface area (Å²) >= 11 is 9.38. The monoisotopic (exact) mass is 552 g/mol. The number of aliphatic imine (C=N–C) groups is 1. The van der Waals surface area contributed by atoms with Gasteiger partial charge in [0.1, 0.15) is 17.4 Å². The fraction of sp³-hybridized carbons (Fsp3) is 0.565. The number of nitrogens with zero attached hydrogens (tertiary/aromatic N) is 6. The smallest absolute Gasteiger partial charge is 0.251 e. The lowest BCUT2D eigenvalue weighted by atomic mass is 10.1. The molecular formula is C23H30BrClN6O3. The second kappa shape index (κ2) is 11.2. The average molecular weight is 554 g/mol. The molecule has 4 rings (SSSR count). The normalized spacial score (nSPS) is 19.7. The van der Waals surface area contributed by atoms with E-state index in [-0.39, 0.29) is 11.8 Å². The highest BCUT2D eigenvalue weighted by atomic mass is 79.9. The number of hydrogen-bond acceptors (Lipinski definition) is 7. The Hall–Kier alpha value is -2.01. The van der Waals surface area contributed by atoms with Crippen LogP contribution in [-0.4, -0.2) is 80.5 Å². The fourth-order valence-corrected chi connectivity index (χ4v) is 4.65. The Morgan fingerprint density at radius 2 is 2.06 bits per heavy atom. The predicted molar refractivity (Wildman–Crippen MR) is 135 cm³/mol. The largest absolute Gasteiger partial charge is 0.441 e. The predicted octanol–water partition coefficient (Wildman–Crippen LogP) is 3.25. The Kier molecular flexibility index (Phi) is 8.23. The van der Waals surface area contributed by atoms with E-state index in [1.807, 2.05) is 23.7 Å². The summed E-state index contributed by atoms with van der Waals surface area (Å²) in [6, 6.07) is 3.89. The summed E-state index contributed by atoms with van der Waals surface area (Å²) in [7, 11) is 0. The van der Waals surface area contributed by atoms with E-state index in [0.29, 0.717) is 37.2 Å². The van der Waals surface area contributed by atoms with Crippen LogP contribution in [0.4, 0.5) is 0 Å². The molecule has 0 bridgehead atoms. The second-order valence-electron chi connectivity index (χ2n) is 9.01. The number of aliphatic hydroxyl groups is 1. The number of fused-ring (bicyclic) bond motifs is 1. The van der Waals surface area contributed by atoms with Crippen molar-refractivity contribution in [2.45, 2.75) is 39.3 Å². The Labute approximate surface area is 212 Å². The SMILES string of the molecule is CC(O)C(=O)N1CCN(CC(C)C(=N/C=C/Cl)Oc2ccc3c(nnn3CC3CC3)c2Br)CC1. The van der Waals surface area contributed by atoms with Crippen LogP contribution >= 0.6 is 27.5 Å². The van der Waals surface area contributed by atoms with Crippen molar-refractivity contribution in [3.05, 3.63) is 28.3 Å². The van der Waals surface area contributed by atoms with Gasteiger partial charge in [-0.3, -0.25) is 9.69 Å². The molecule has 11 heteroatoms. The number of rotatable bonds is 8. The first-order valence-electron chi connectivity index (χ1n) is 11.6. The third-order valence-corrected chi connectivity index (χ3v) is 7.06. The van der Waals surface area contributed by atoms with Crippen molar-refractivity contribution in [2.24, 2.45) is 16.8 Å². The maximum absolute atomic E-state index is 12.0. The lowest BCUT2D eigenvalue weighted by Gasteiger charge is -2.36. The molecule has 1 aliphatic carbocycles. The standard InChI is InChI=1S/C23H30BrClN6O3/c1-15(13-29-9-11-30(12-10-29)23(33)16(2)32)22(26-8-7-25)34-19-6-5-18-21(20(19)24)27-28-31(18)14-17-3-4-17/h5-8,15-17,32H,3-4,9-14H2,1-2H3/b8-7+,26-22?. The van der Waals surface area contributed by atoms with Crippen LogP contribution in [0.1, 0.15) is 26.7 Å². The summed E-state index contributed by atoms with van der Waals surface area (Å²) in [6.45, 7) is 7.78. The molecule has 2 aliphatic rings. The number of carbonyl (C=O) groups excluding carboxylic acids is 1. The van der Waals surface area contributed by atoms with Crippen LogP contribution in [0.2, 0.25) is 0 Å².